The fourth-order valence-electron chi connectivity index (χ4n) is 9.03. The van der Waals surface area contributed by atoms with Gasteiger partial charge in [0.1, 0.15) is 35.9 Å². The first kappa shape index (κ1) is 40.3. The highest BCUT2D eigenvalue weighted by molar-refractivity contribution is 6.05. The Morgan fingerprint density at radius 2 is 1.20 bits per heavy atom. The molecule has 0 aromatic carbocycles. The quantitative estimate of drug-likeness (QED) is 0.265. The third kappa shape index (κ3) is 9.02. The second-order valence-electron chi connectivity index (χ2n) is 15.9. The number of fused-ring (bicyclic) bond motifs is 8. The van der Waals surface area contributed by atoms with Crippen LogP contribution < -0.4 is 45.3 Å². The van der Waals surface area contributed by atoms with E-state index in [0.717, 1.165) is 94.6 Å². The molecule has 4 saturated heterocycles. The van der Waals surface area contributed by atoms with Gasteiger partial charge in [0.2, 0.25) is 0 Å². The third-order valence-corrected chi connectivity index (χ3v) is 11.9. The summed E-state index contributed by atoms with van der Waals surface area (Å²) in [5.41, 5.74) is 1.92. The zero-order valence-electron chi connectivity index (χ0n) is 33.7. The topological polar surface area (TPSA) is 170 Å². The van der Waals surface area contributed by atoms with Gasteiger partial charge in [-0.05, 0) is 68.6 Å². The number of hydrogen-bond acceptors (Lipinski definition) is 14. The van der Waals surface area contributed by atoms with E-state index in [1.807, 2.05) is 21.9 Å². The van der Waals surface area contributed by atoms with E-state index in [0.29, 0.717) is 55.9 Å². The minimum absolute atomic E-state index is 0.00602. The molecule has 0 unspecified atom stereocenters. The molecule has 2 atom stereocenters. The molecule has 61 heavy (non-hydrogen) atoms. The standard InChI is InChI=1S/C21H25F3N8O.C19H24N8O/c22-21(23,24)13-29-7-1-8-30(11-10-29)18-3-2-16-19(28-18)32(15-5-9-31(16)12-15)20(33)27-17-4-6-25-14-26-17;28-19(23-16-4-7-21-13-22-16)27-14-5-10-26(12-14)15-2-3-17(24-18(15)27)25-9-1-6-20-8-11-25/h2-4,6,14-15H,1,5,7-13H2,(H,25,26,27,33);2-4,7,13-14,20H,1,5-6,8-12H2,(H,21,22,23,28)/t15-;14-/m00/s1. The van der Waals surface area contributed by atoms with Gasteiger partial charge >= 0.3 is 18.2 Å². The van der Waals surface area contributed by atoms with Gasteiger partial charge in [-0.25, -0.2) is 39.5 Å². The van der Waals surface area contributed by atoms with Gasteiger partial charge in [-0.3, -0.25) is 25.3 Å². The maximum Gasteiger partial charge on any atom is 0.401 e. The van der Waals surface area contributed by atoms with Crippen LogP contribution >= 0.6 is 0 Å². The molecule has 3 N–H and O–H groups in total. The van der Waals surface area contributed by atoms with Gasteiger partial charge in [-0.15, -0.1) is 0 Å². The number of anilines is 8. The molecule has 6 aliphatic heterocycles. The highest BCUT2D eigenvalue weighted by Gasteiger charge is 2.42. The van der Waals surface area contributed by atoms with Gasteiger partial charge in [-0.1, -0.05) is 0 Å². The Morgan fingerprint density at radius 3 is 1.74 bits per heavy atom. The monoisotopic (exact) mass is 842 g/mol. The zero-order chi connectivity index (χ0) is 41.9. The van der Waals surface area contributed by atoms with Crippen molar-refractivity contribution in [2.45, 2.75) is 43.9 Å². The van der Waals surface area contributed by atoms with Crippen molar-refractivity contribution in [3.8, 4) is 0 Å². The van der Waals surface area contributed by atoms with E-state index in [1.54, 1.807) is 29.4 Å². The van der Waals surface area contributed by atoms with Crippen LogP contribution in [0.1, 0.15) is 25.7 Å². The van der Waals surface area contributed by atoms with E-state index < -0.39 is 12.7 Å². The summed E-state index contributed by atoms with van der Waals surface area (Å²) in [5, 5.41) is 9.14. The molecule has 21 heteroatoms. The molecular weight excluding hydrogens is 794 g/mol. The maximum absolute atomic E-state index is 13.2. The van der Waals surface area contributed by atoms with E-state index in [-0.39, 0.29) is 24.1 Å². The minimum atomic E-state index is -4.20. The molecule has 0 radical (unpaired) electrons. The molecule has 4 amide bonds. The summed E-state index contributed by atoms with van der Waals surface area (Å²) < 4.78 is 38.4. The van der Waals surface area contributed by atoms with Crippen molar-refractivity contribution in [1.29, 1.82) is 0 Å². The first-order valence-electron chi connectivity index (χ1n) is 20.9. The third-order valence-electron chi connectivity index (χ3n) is 11.9. The summed E-state index contributed by atoms with van der Waals surface area (Å²) in [4.78, 5) is 65.9. The van der Waals surface area contributed by atoms with Crippen molar-refractivity contribution in [3.05, 3.63) is 61.4 Å². The Balaban J connectivity index is 0.000000158. The van der Waals surface area contributed by atoms with E-state index in [9.17, 15) is 22.8 Å². The van der Waals surface area contributed by atoms with Gasteiger partial charge in [0.15, 0.2) is 11.6 Å². The second kappa shape index (κ2) is 17.5. The molecular formula is C40H49F3N16O2. The van der Waals surface area contributed by atoms with Crippen molar-refractivity contribution in [2.75, 3.05) is 125 Å². The molecule has 4 aromatic heterocycles. The molecule has 10 heterocycles. The molecule has 4 aromatic rings. The van der Waals surface area contributed by atoms with Crippen LogP contribution in [0, 0.1) is 0 Å². The summed E-state index contributed by atoms with van der Waals surface area (Å²) in [5.74, 6) is 3.83. The normalized spacial score (nSPS) is 21.2. The van der Waals surface area contributed by atoms with Crippen LogP contribution in [0.2, 0.25) is 0 Å². The molecule has 0 spiro atoms. The number of halogens is 3. The van der Waals surface area contributed by atoms with Crippen LogP contribution in [0.3, 0.4) is 0 Å². The number of urea groups is 2. The fraction of sp³-hybridized carbons (Fsp3) is 0.500. The largest absolute Gasteiger partial charge is 0.401 e. The SMILES string of the molecule is O=C(Nc1ccncn1)N1c2nc(N3CCCN(CC(F)(F)F)CC3)ccc2N2CC[C@H]1C2.O=C(Nc1ccncn1)N1c2nc(N3CCCNCC3)ccc2N2CC[C@H]1C2. The number of nitrogens with zero attached hydrogens (tertiary/aromatic N) is 13. The molecule has 322 valence electrons. The lowest BCUT2D eigenvalue weighted by molar-refractivity contribution is -0.145. The lowest BCUT2D eigenvalue weighted by atomic mass is 10.2. The number of aromatic nitrogens is 6. The number of alkyl halides is 3. The van der Waals surface area contributed by atoms with Crippen LogP contribution in [0.5, 0.6) is 0 Å². The first-order valence-corrected chi connectivity index (χ1v) is 20.9. The van der Waals surface area contributed by atoms with Gasteiger partial charge in [0, 0.05) is 84.4 Å². The Morgan fingerprint density at radius 1 is 0.639 bits per heavy atom. The predicted molar refractivity (Wildman–Crippen MR) is 226 cm³/mol. The van der Waals surface area contributed by atoms with Crippen LogP contribution in [-0.4, -0.2) is 150 Å². The Labute approximate surface area is 351 Å². The van der Waals surface area contributed by atoms with E-state index in [4.69, 9.17) is 9.97 Å². The average Bonchev–Trinajstić information content (AvgIpc) is 3.65. The molecule has 18 nitrogen and oxygen atoms in total. The number of amides is 4. The second-order valence-corrected chi connectivity index (χ2v) is 15.9. The summed E-state index contributed by atoms with van der Waals surface area (Å²) in [6.07, 6.45) is 5.25. The average molecular weight is 843 g/mol. The highest BCUT2D eigenvalue weighted by atomic mass is 19.4. The molecule has 4 bridgehead atoms. The first-order chi connectivity index (χ1) is 29.7. The minimum Gasteiger partial charge on any atom is -0.366 e. The van der Waals surface area contributed by atoms with Crippen molar-refractivity contribution in [1.82, 2.24) is 40.1 Å². The summed E-state index contributed by atoms with van der Waals surface area (Å²) >= 11 is 0. The number of hydrogen-bond donors (Lipinski definition) is 3. The summed E-state index contributed by atoms with van der Waals surface area (Å²) in [6, 6.07) is 11.0. The van der Waals surface area contributed by atoms with Crippen LogP contribution in [0.15, 0.2) is 61.4 Å². The summed E-state index contributed by atoms with van der Waals surface area (Å²) in [7, 11) is 0. The maximum atomic E-state index is 13.2. The van der Waals surface area contributed by atoms with Crippen molar-refractivity contribution < 1.29 is 22.8 Å². The number of pyridine rings is 2. The summed E-state index contributed by atoms with van der Waals surface area (Å²) in [6.45, 7) is 8.11. The van der Waals surface area contributed by atoms with Gasteiger partial charge in [0.05, 0.1) is 30.0 Å². The molecule has 4 fully saturated rings. The zero-order valence-corrected chi connectivity index (χ0v) is 33.7. The van der Waals surface area contributed by atoms with E-state index >= 15 is 0 Å². The lowest BCUT2D eigenvalue weighted by Gasteiger charge is -2.36. The van der Waals surface area contributed by atoms with Gasteiger partial charge in [-0.2, -0.15) is 13.2 Å². The molecule has 0 saturated carbocycles. The predicted octanol–water partition coefficient (Wildman–Crippen LogP) is 3.88. The van der Waals surface area contributed by atoms with Crippen molar-refractivity contribution in [2.24, 2.45) is 0 Å². The van der Waals surface area contributed by atoms with Crippen molar-refractivity contribution in [3.63, 3.8) is 0 Å². The van der Waals surface area contributed by atoms with Crippen LogP contribution in [-0.2, 0) is 0 Å². The Bertz CT molecular complexity index is 2160. The smallest absolute Gasteiger partial charge is 0.366 e. The molecule has 0 aliphatic carbocycles. The fourth-order valence-corrected chi connectivity index (χ4v) is 9.03. The number of carbonyl (C=O) groups excluding carboxylic acids is 2. The van der Waals surface area contributed by atoms with Crippen LogP contribution in [0.4, 0.5) is 69.0 Å². The highest BCUT2D eigenvalue weighted by Crippen LogP contribution is 2.42. The number of carbonyl (C=O) groups is 2. The van der Waals surface area contributed by atoms with Crippen molar-refractivity contribution >= 4 is 58.3 Å². The number of nitrogens with one attached hydrogen (secondary N) is 3. The lowest BCUT2D eigenvalue weighted by Crippen LogP contribution is -2.48. The van der Waals surface area contributed by atoms with Crippen LogP contribution in [0.25, 0.3) is 0 Å². The Hall–Kier alpha value is -6.09. The van der Waals surface area contributed by atoms with E-state index in [2.05, 4.69) is 62.7 Å². The molecule has 6 aliphatic rings. The Kier molecular flexibility index (Phi) is 11.6. The number of rotatable bonds is 5. The van der Waals surface area contributed by atoms with Gasteiger partial charge in [0.25, 0.3) is 0 Å². The van der Waals surface area contributed by atoms with E-state index in [1.165, 1.54) is 17.6 Å². The molecule has 10 rings (SSSR count). The van der Waals surface area contributed by atoms with Gasteiger partial charge < -0.3 is 24.9 Å².